The minimum absolute atomic E-state index is 0.219. The third-order valence-corrected chi connectivity index (χ3v) is 6.04. The van der Waals surface area contributed by atoms with Crippen LogP contribution in [0.2, 0.25) is 0 Å². The van der Waals surface area contributed by atoms with Gasteiger partial charge in [0.25, 0.3) is 5.91 Å². The Kier molecular flexibility index (Phi) is 6.34. The lowest BCUT2D eigenvalue weighted by Gasteiger charge is -2.27. The van der Waals surface area contributed by atoms with Gasteiger partial charge in [-0.05, 0) is 25.3 Å². The molecule has 1 atom stereocenters. The number of carbonyl (C=O) groups excluding carboxylic acids is 2. The van der Waals surface area contributed by atoms with E-state index in [1.165, 1.54) is 23.1 Å². The molecule has 3 heterocycles. The minimum Gasteiger partial charge on any atom is -0.378 e. The van der Waals surface area contributed by atoms with Crippen molar-refractivity contribution < 1.29 is 14.3 Å². The van der Waals surface area contributed by atoms with E-state index in [4.69, 9.17) is 10.5 Å². The summed E-state index contributed by atoms with van der Waals surface area (Å²) in [5, 5.41) is 13.8. The molecule has 11 heteroatoms. The number of nitrogens with zero attached hydrogens (tertiary/aromatic N) is 4. The summed E-state index contributed by atoms with van der Waals surface area (Å²) in [5.74, 6) is 0.0152. The number of amides is 2. The first-order valence-electron chi connectivity index (χ1n) is 8.62. The molecular formula is C16H22N6O3S2. The quantitative estimate of drug-likeness (QED) is 0.663. The van der Waals surface area contributed by atoms with Crippen molar-refractivity contribution in [2.45, 2.75) is 30.8 Å². The predicted octanol–water partition coefficient (Wildman–Crippen LogP) is 1.41. The summed E-state index contributed by atoms with van der Waals surface area (Å²) in [7, 11) is 0. The van der Waals surface area contributed by atoms with Gasteiger partial charge in [-0.25, -0.2) is 0 Å². The number of aromatic nitrogens is 3. The highest BCUT2D eigenvalue weighted by atomic mass is 32.2. The average molecular weight is 411 g/mol. The van der Waals surface area contributed by atoms with E-state index in [1.54, 1.807) is 18.4 Å². The van der Waals surface area contributed by atoms with Gasteiger partial charge in [-0.1, -0.05) is 11.8 Å². The first-order chi connectivity index (χ1) is 13.0. The van der Waals surface area contributed by atoms with E-state index in [0.29, 0.717) is 35.5 Å². The average Bonchev–Trinajstić information content (AvgIpc) is 3.29. The summed E-state index contributed by atoms with van der Waals surface area (Å²) in [4.78, 5) is 26.1. The lowest BCUT2D eigenvalue weighted by Crippen LogP contribution is -2.38. The van der Waals surface area contributed by atoms with Crippen LogP contribution in [0.1, 0.15) is 24.2 Å². The van der Waals surface area contributed by atoms with Crippen LogP contribution in [-0.2, 0) is 16.1 Å². The minimum atomic E-state index is -0.562. The molecule has 146 valence electrons. The number of thioether (sulfide) groups is 1. The Morgan fingerprint density at radius 1 is 1.41 bits per heavy atom. The van der Waals surface area contributed by atoms with Crippen LogP contribution < -0.4 is 16.0 Å². The molecule has 3 rings (SSSR count). The molecule has 0 aliphatic carbocycles. The summed E-state index contributed by atoms with van der Waals surface area (Å²) in [6.45, 7) is 7.39. The number of anilines is 2. The number of primary amides is 1. The third-order valence-electron chi connectivity index (χ3n) is 4.13. The van der Waals surface area contributed by atoms with Crippen LogP contribution in [0.15, 0.2) is 16.6 Å². The number of carbonyl (C=O) groups is 2. The molecule has 0 spiro atoms. The molecule has 27 heavy (non-hydrogen) atoms. The summed E-state index contributed by atoms with van der Waals surface area (Å²) in [6.07, 6.45) is 0. The fourth-order valence-corrected chi connectivity index (χ4v) is 4.37. The SMILES string of the molecule is CCn1c(SC(C)C(=O)Nc2sccc2C(N)=O)nnc1N1CCOCC1. The van der Waals surface area contributed by atoms with Gasteiger partial charge in [0.1, 0.15) is 5.00 Å². The largest absolute Gasteiger partial charge is 0.378 e. The molecule has 1 fully saturated rings. The van der Waals surface area contributed by atoms with Crippen LogP contribution in [0.4, 0.5) is 10.9 Å². The van der Waals surface area contributed by atoms with Crippen molar-refractivity contribution in [3.63, 3.8) is 0 Å². The van der Waals surface area contributed by atoms with Gasteiger partial charge in [0.15, 0.2) is 5.16 Å². The van der Waals surface area contributed by atoms with Crippen LogP contribution in [-0.4, -0.2) is 58.1 Å². The molecule has 0 radical (unpaired) electrons. The maximum atomic E-state index is 12.5. The molecule has 9 nitrogen and oxygen atoms in total. The van der Waals surface area contributed by atoms with Crippen LogP contribution in [0.3, 0.4) is 0 Å². The van der Waals surface area contributed by atoms with Crippen molar-refractivity contribution in [1.82, 2.24) is 14.8 Å². The molecular weight excluding hydrogens is 388 g/mol. The maximum absolute atomic E-state index is 12.5. The Balaban J connectivity index is 1.69. The zero-order valence-electron chi connectivity index (χ0n) is 15.2. The number of hydrogen-bond donors (Lipinski definition) is 2. The highest BCUT2D eigenvalue weighted by Gasteiger charge is 2.24. The van der Waals surface area contributed by atoms with Gasteiger partial charge in [0.2, 0.25) is 11.9 Å². The molecule has 0 aromatic carbocycles. The van der Waals surface area contributed by atoms with E-state index < -0.39 is 11.2 Å². The highest BCUT2D eigenvalue weighted by Crippen LogP contribution is 2.28. The summed E-state index contributed by atoms with van der Waals surface area (Å²) in [5.41, 5.74) is 5.64. The molecule has 1 aliphatic heterocycles. The zero-order valence-corrected chi connectivity index (χ0v) is 16.8. The van der Waals surface area contributed by atoms with Gasteiger partial charge >= 0.3 is 0 Å². The first-order valence-corrected chi connectivity index (χ1v) is 10.4. The molecule has 2 aromatic rings. The van der Waals surface area contributed by atoms with Gasteiger partial charge in [0.05, 0.1) is 24.0 Å². The van der Waals surface area contributed by atoms with Gasteiger partial charge in [-0.3, -0.25) is 14.2 Å². The number of ether oxygens (including phenoxy) is 1. The fourth-order valence-electron chi connectivity index (χ4n) is 2.67. The van der Waals surface area contributed by atoms with Crippen molar-refractivity contribution in [1.29, 1.82) is 0 Å². The van der Waals surface area contributed by atoms with Crippen molar-refractivity contribution in [2.75, 3.05) is 36.5 Å². The molecule has 1 saturated heterocycles. The Bertz CT molecular complexity index is 815. The van der Waals surface area contributed by atoms with Crippen molar-refractivity contribution >= 4 is 45.9 Å². The van der Waals surface area contributed by atoms with E-state index in [9.17, 15) is 9.59 Å². The van der Waals surface area contributed by atoms with Crippen LogP contribution in [0.25, 0.3) is 0 Å². The zero-order chi connectivity index (χ0) is 19.4. The monoisotopic (exact) mass is 410 g/mol. The van der Waals surface area contributed by atoms with E-state index in [2.05, 4.69) is 20.4 Å². The molecule has 3 N–H and O–H groups in total. The number of thiophene rings is 1. The van der Waals surface area contributed by atoms with Gasteiger partial charge in [-0.2, -0.15) is 0 Å². The van der Waals surface area contributed by atoms with Gasteiger partial charge < -0.3 is 20.7 Å². The molecule has 1 aliphatic rings. The highest BCUT2D eigenvalue weighted by molar-refractivity contribution is 8.00. The van der Waals surface area contributed by atoms with Crippen LogP contribution in [0, 0.1) is 0 Å². The third kappa shape index (κ3) is 4.42. The van der Waals surface area contributed by atoms with Gasteiger partial charge in [-0.15, -0.1) is 21.5 Å². The fraction of sp³-hybridized carbons (Fsp3) is 0.500. The number of nitrogens with two attached hydrogens (primary N) is 1. The second kappa shape index (κ2) is 8.72. The number of nitrogens with one attached hydrogen (secondary N) is 1. The second-order valence-electron chi connectivity index (χ2n) is 5.90. The molecule has 2 aromatic heterocycles. The molecule has 1 unspecified atom stereocenters. The maximum Gasteiger partial charge on any atom is 0.251 e. The van der Waals surface area contributed by atoms with Gasteiger partial charge in [0, 0.05) is 19.6 Å². The van der Waals surface area contributed by atoms with E-state index >= 15 is 0 Å². The number of hydrogen-bond acceptors (Lipinski definition) is 8. The Hall–Kier alpha value is -2.11. The van der Waals surface area contributed by atoms with E-state index in [1.807, 2.05) is 11.5 Å². The van der Waals surface area contributed by atoms with Crippen LogP contribution in [0.5, 0.6) is 0 Å². The summed E-state index contributed by atoms with van der Waals surface area (Å²) in [6, 6.07) is 1.60. The normalized spacial score (nSPS) is 15.6. The smallest absolute Gasteiger partial charge is 0.251 e. The molecule has 0 saturated carbocycles. The van der Waals surface area contributed by atoms with Crippen molar-refractivity contribution in [2.24, 2.45) is 5.73 Å². The molecule has 2 amide bonds. The Labute approximate surface area is 165 Å². The summed E-state index contributed by atoms with van der Waals surface area (Å²) < 4.78 is 7.38. The lowest BCUT2D eigenvalue weighted by atomic mass is 10.3. The standard InChI is InChI=1S/C16H22N6O3S2/c1-3-22-15(21-5-7-25-8-6-21)19-20-16(22)27-10(2)13(24)18-14-11(12(17)23)4-9-26-14/h4,9-10H,3,5-8H2,1-2H3,(H2,17,23)(H,18,24). The van der Waals surface area contributed by atoms with Crippen molar-refractivity contribution in [3.05, 3.63) is 17.0 Å². The number of rotatable bonds is 7. The Morgan fingerprint density at radius 3 is 2.81 bits per heavy atom. The predicted molar refractivity (Wildman–Crippen MR) is 106 cm³/mol. The van der Waals surface area contributed by atoms with E-state index in [-0.39, 0.29) is 5.91 Å². The van der Waals surface area contributed by atoms with E-state index in [0.717, 1.165) is 19.0 Å². The van der Waals surface area contributed by atoms with Crippen molar-refractivity contribution in [3.8, 4) is 0 Å². The Morgan fingerprint density at radius 2 is 2.15 bits per heavy atom. The summed E-state index contributed by atoms with van der Waals surface area (Å²) >= 11 is 2.60. The van der Waals surface area contributed by atoms with Crippen LogP contribution >= 0.6 is 23.1 Å². The second-order valence-corrected chi connectivity index (χ2v) is 8.13. The topological polar surface area (TPSA) is 115 Å². The molecule has 0 bridgehead atoms. The number of morpholine rings is 1. The first kappa shape index (κ1) is 19.6. The lowest BCUT2D eigenvalue weighted by molar-refractivity contribution is -0.115.